The first kappa shape index (κ1) is 17.7. The van der Waals surface area contributed by atoms with Crippen LogP contribution in [-0.2, 0) is 10.2 Å². The zero-order chi connectivity index (χ0) is 15.2. The second-order valence-corrected chi connectivity index (χ2v) is 7.81. The van der Waals surface area contributed by atoms with Crippen LogP contribution in [0.4, 0.5) is 5.69 Å². The number of rotatable bonds is 8. The highest BCUT2D eigenvalue weighted by atomic mass is 127. The molecule has 0 unspecified atom stereocenters. The lowest BCUT2D eigenvalue weighted by atomic mass is 10.3. The van der Waals surface area contributed by atoms with Gasteiger partial charge in [-0.15, -0.1) is 0 Å². The SMILES string of the molecule is CC(C)NCCCN(C)S(=O)(=O)Nc1ccccc1I. The molecule has 1 aromatic rings. The molecular formula is C13H22IN3O2S. The van der Waals surface area contributed by atoms with E-state index >= 15 is 0 Å². The van der Waals surface area contributed by atoms with Gasteiger partial charge in [-0.25, -0.2) is 0 Å². The minimum atomic E-state index is -3.49. The molecule has 0 aliphatic heterocycles. The van der Waals surface area contributed by atoms with Crippen LogP contribution in [0.1, 0.15) is 20.3 Å². The van der Waals surface area contributed by atoms with Crippen molar-refractivity contribution < 1.29 is 8.42 Å². The average Bonchev–Trinajstić information content (AvgIpc) is 2.36. The topological polar surface area (TPSA) is 61.4 Å². The van der Waals surface area contributed by atoms with Crippen molar-refractivity contribution in [2.75, 3.05) is 24.9 Å². The Morgan fingerprint density at radius 1 is 1.30 bits per heavy atom. The summed E-state index contributed by atoms with van der Waals surface area (Å²) in [5.41, 5.74) is 0.611. The zero-order valence-corrected chi connectivity index (χ0v) is 15.0. The largest absolute Gasteiger partial charge is 0.314 e. The molecule has 0 saturated carbocycles. The third-order valence-electron chi connectivity index (χ3n) is 2.73. The lowest BCUT2D eigenvalue weighted by Crippen LogP contribution is -2.35. The summed E-state index contributed by atoms with van der Waals surface area (Å²) in [6.45, 7) is 5.43. The Hall–Kier alpha value is -0.380. The van der Waals surface area contributed by atoms with E-state index in [9.17, 15) is 8.42 Å². The molecule has 0 radical (unpaired) electrons. The van der Waals surface area contributed by atoms with Crippen LogP contribution in [0, 0.1) is 3.57 Å². The predicted molar refractivity (Wildman–Crippen MR) is 92.1 cm³/mol. The van der Waals surface area contributed by atoms with Crippen LogP contribution in [0.25, 0.3) is 0 Å². The third kappa shape index (κ3) is 5.94. The van der Waals surface area contributed by atoms with E-state index in [1.807, 2.05) is 18.2 Å². The summed E-state index contributed by atoms with van der Waals surface area (Å²) in [5.74, 6) is 0. The summed E-state index contributed by atoms with van der Waals surface area (Å²) in [4.78, 5) is 0. The highest BCUT2D eigenvalue weighted by Gasteiger charge is 2.17. The molecule has 0 amide bonds. The van der Waals surface area contributed by atoms with Gasteiger partial charge in [0.25, 0.3) is 0 Å². The summed E-state index contributed by atoms with van der Waals surface area (Å²) in [7, 11) is -1.90. The third-order valence-corrected chi connectivity index (χ3v) is 5.15. The second kappa shape index (κ2) is 8.16. The van der Waals surface area contributed by atoms with Gasteiger partial charge in [0.15, 0.2) is 0 Å². The van der Waals surface area contributed by atoms with Gasteiger partial charge in [0.05, 0.1) is 5.69 Å². The van der Waals surface area contributed by atoms with Crippen molar-refractivity contribution >= 4 is 38.5 Å². The van der Waals surface area contributed by atoms with E-state index in [1.54, 1.807) is 13.1 Å². The highest BCUT2D eigenvalue weighted by molar-refractivity contribution is 14.1. The van der Waals surface area contributed by atoms with Crippen LogP contribution in [0.3, 0.4) is 0 Å². The molecule has 0 bridgehead atoms. The molecule has 0 aliphatic rings. The van der Waals surface area contributed by atoms with Gasteiger partial charge < -0.3 is 5.32 Å². The lowest BCUT2D eigenvalue weighted by Gasteiger charge is -2.19. The van der Waals surface area contributed by atoms with Crippen molar-refractivity contribution in [2.45, 2.75) is 26.3 Å². The smallest absolute Gasteiger partial charge is 0.301 e. The van der Waals surface area contributed by atoms with Crippen LogP contribution in [-0.4, -0.2) is 38.9 Å². The van der Waals surface area contributed by atoms with E-state index in [4.69, 9.17) is 0 Å². The van der Waals surface area contributed by atoms with E-state index in [1.165, 1.54) is 4.31 Å². The minimum absolute atomic E-state index is 0.418. The molecule has 7 heteroatoms. The van der Waals surface area contributed by atoms with Gasteiger partial charge in [-0.2, -0.15) is 12.7 Å². The van der Waals surface area contributed by atoms with Crippen molar-refractivity contribution in [1.29, 1.82) is 0 Å². The summed E-state index contributed by atoms with van der Waals surface area (Å²) in [6.07, 6.45) is 0.779. The molecule has 20 heavy (non-hydrogen) atoms. The maximum atomic E-state index is 12.2. The molecule has 1 aromatic carbocycles. The lowest BCUT2D eigenvalue weighted by molar-refractivity contribution is 0.451. The normalized spacial score (nSPS) is 12.1. The van der Waals surface area contributed by atoms with Crippen LogP contribution in [0.5, 0.6) is 0 Å². The molecule has 0 heterocycles. The summed E-state index contributed by atoms with van der Waals surface area (Å²) >= 11 is 2.11. The van der Waals surface area contributed by atoms with Gasteiger partial charge in [-0.1, -0.05) is 26.0 Å². The maximum Gasteiger partial charge on any atom is 0.301 e. The number of benzene rings is 1. The first-order valence-electron chi connectivity index (χ1n) is 6.55. The number of para-hydroxylation sites is 1. The van der Waals surface area contributed by atoms with Crippen LogP contribution in [0.15, 0.2) is 24.3 Å². The van der Waals surface area contributed by atoms with Crippen molar-refractivity contribution in [1.82, 2.24) is 9.62 Å². The average molecular weight is 411 g/mol. The standard InChI is InChI=1S/C13H22IN3O2S/c1-11(2)15-9-6-10-17(3)20(18,19)16-13-8-5-4-7-12(13)14/h4-5,7-8,11,15-16H,6,9-10H2,1-3H3. The van der Waals surface area contributed by atoms with Crippen molar-refractivity contribution in [2.24, 2.45) is 0 Å². The fourth-order valence-electron chi connectivity index (χ4n) is 1.57. The number of hydrogen-bond donors (Lipinski definition) is 2. The molecule has 0 fully saturated rings. The fraction of sp³-hybridized carbons (Fsp3) is 0.538. The Labute approximate surface area is 135 Å². The maximum absolute atomic E-state index is 12.2. The van der Waals surface area contributed by atoms with Gasteiger partial charge in [0.1, 0.15) is 0 Å². The van der Waals surface area contributed by atoms with E-state index in [0.717, 1.165) is 16.5 Å². The van der Waals surface area contributed by atoms with Crippen LogP contribution < -0.4 is 10.0 Å². The van der Waals surface area contributed by atoms with Crippen molar-refractivity contribution in [3.05, 3.63) is 27.8 Å². The number of hydrogen-bond acceptors (Lipinski definition) is 3. The Balaban J connectivity index is 2.53. The number of anilines is 1. The molecule has 0 aromatic heterocycles. The summed E-state index contributed by atoms with van der Waals surface area (Å²) in [5, 5.41) is 3.27. The monoisotopic (exact) mass is 411 g/mol. The van der Waals surface area contributed by atoms with Gasteiger partial charge in [-0.05, 0) is 47.7 Å². The van der Waals surface area contributed by atoms with Crippen molar-refractivity contribution in [3.63, 3.8) is 0 Å². The second-order valence-electron chi connectivity index (χ2n) is 4.87. The van der Waals surface area contributed by atoms with Crippen molar-refractivity contribution in [3.8, 4) is 0 Å². The predicted octanol–water partition coefficient (Wildman–Crippen LogP) is 2.27. The van der Waals surface area contributed by atoms with E-state index in [0.29, 0.717) is 18.3 Å². The molecule has 0 spiro atoms. The first-order chi connectivity index (χ1) is 9.33. The first-order valence-corrected chi connectivity index (χ1v) is 9.07. The Morgan fingerprint density at radius 2 is 1.95 bits per heavy atom. The minimum Gasteiger partial charge on any atom is -0.314 e. The Bertz CT molecular complexity index is 520. The number of nitrogens with one attached hydrogen (secondary N) is 2. The molecule has 0 atom stereocenters. The molecule has 0 saturated heterocycles. The fourth-order valence-corrected chi connectivity index (χ4v) is 3.26. The molecule has 114 valence electrons. The summed E-state index contributed by atoms with van der Waals surface area (Å²) < 4.78 is 29.2. The van der Waals surface area contributed by atoms with Crippen LogP contribution >= 0.6 is 22.6 Å². The van der Waals surface area contributed by atoms with Gasteiger partial charge in [-0.3, -0.25) is 4.72 Å². The quantitative estimate of drug-likeness (QED) is 0.510. The zero-order valence-electron chi connectivity index (χ0n) is 12.1. The van der Waals surface area contributed by atoms with E-state index in [2.05, 4.69) is 46.5 Å². The molecule has 0 aliphatic carbocycles. The summed E-state index contributed by atoms with van der Waals surface area (Å²) in [6, 6.07) is 7.73. The van der Waals surface area contributed by atoms with Gasteiger partial charge >= 0.3 is 10.2 Å². The van der Waals surface area contributed by atoms with Gasteiger partial charge in [0, 0.05) is 23.2 Å². The number of halogens is 1. The molecular weight excluding hydrogens is 389 g/mol. The van der Waals surface area contributed by atoms with Gasteiger partial charge in [0.2, 0.25) is 0 Å². The highest BCUT2D eigenvalue weighted by Crippen LogP contribution is 2.19. The number of nitrogens with zero attached hydrogens (tertiary/aromatic N) is 1. The van der Waals surface area contributed by atoms with Crippen LogP contribution in [0.2, 0.25) is 0 Å². The molecule has 2 N–H and O–H groups in total. The Kier molecular flexibility index (Phi) is 7.21. The Morgan fingerprint density at radius 3 is 2.55 bits per heavy atom. The van der Waals surface area contributed by atoms with E-state index < -0.39 is 10.2 Å². The van der Waals surface area contributed by atoms with E-state index in [-0.39, 0.29) is 0 Å². The molecule has 5 nitrogen and oxygen atoms in total. The molecule has 1 rings (SSSR count).